The summed E-state index contributed by atoms with van der Waals surface area (Å²) in [6.07, 6.45) is 0.710. The van der Waals surface area contributed by atoms with Crippen LogP contribution < -0.4 is 0 Å². The average molecular weight is 250 g/mol. The van der Waals surface area contributed by atoms with Crippen LogP contribution in [-0.2, 0) is 14.4 Å². The largest absolute Gasteiger partial charge is 0.481 e. The normalized spacial score (nSPS) is 18.4. The van der Waals surface area contributed by atoms with Gasteiger partial charge in [0.05, 0.1) is 5.92 Å². The molecule has 0 saturated heterocycles. The zero-order chi connectivity index (χ0) is 14.0. The van der Waals surface area contributed by atoms with Gasteiger partial charge in [0.2, 0.25) is 0 Å². The van der Waals surface area contributed by atoms with Crippen LogP contribution in [0.15, 0.2) is 22.3 Å². The van der Waals surface area contributed by atoms with E-state index >= 15 is 0 Å². The van der Waals surface area contributed by atoms with Gasteiger partial charge >= 0.3 is 5.97 Å². The Kier molecular flexibility index (Phi) is 4.22. The SMILES string of the molecule is CC1=C(C)C(=O)C(CCC(C)C(=O)O)=C(C)C1=O. The molecule has 0 aromatic rings. The minimum Gasteiger partial charge on any atom is -0.481 e. The molecule has 0 aliphatic heterocycles. The number of aliphatic carboxylic acids is 1. The fourth-order valence-electron chi connectivity index (χ4n) is 1.94. The zero-order valence-corrected chi connectivity index (χ0v) is 11.2. The number of ketones is 2. The third kappa shape index (κ3) is 2.58. The van der Waals surface area contributed by atoms with Gasteiger partial charge in [0.25, 0.3) is 0 Å². The van der Waals surface area contributed by atoms with E-state index in [9.17, 15) is 14.4 Å². The molecular weight excluding hydrogens is 232 g/mol. The van der Waals surface area contributed by atoms with Crippen molar-refractivity contribution in [3.05, 3.63) is 22.3 Å². The van der Waals surface area contributed by atoms with Crippen LogP contribution in [0, 0.1) is 5.92 Å². The topological polar surface area (TPSA) is 71.4 Å². The Morgan fingerprint density at radius 2 is 1.56 bits per heavy atom. The first-order valence-corrected chi connectivity index (χ1v) is 5.96. The smallest absolute Gasteiger partial charge is 0.306 e. The molecule has 1 unspecified atom stereocenters. The number of carbonyl (C=O) groups excluding carboxylic acids is 2. The Morgan fingerprint density at radius 1 is 1.06 bits per heavy atom. The quantitative estimate of drug-likeness (QED) is 0.777. The van der Waals surface area contributed by atoms with Crippen LogP contribution in [0.1, 0.15) is 40.5 Å². The van der Waals surface area contributed by atoms with Crippen molar-refractivity contribution in [2.45, 2.75) is 40.5 Å². The van der Waals surface area contributed by atoms with Gasteiger partial charge in [0.1, 0.15) is 0 Å². The van der Waals surface area contributed by atoms with Crippen molar-refractivity contribution in [2.24, 2.45) is 5.92 Å². The van der Waals surface area contributed by atoms with Crippen LogP contribution in [0.25, 0.3) is 0 Å². The Hall–Kier alpha value is -1.71. The van der Waals surface area contributed by atoms with Crippen LogP contribution >= 0.6 is 0 Å². The lowest BCUT2D eigenvalue weighted by Crippen LogP contribution is -2.21. The second kappa shape index (κ2) is 5.29. The van der Waals surface area contributed by atoms with Gasteiger partial charge in [-0.2, -0.15) is 0 Å². The first kappa shape index (κ1) is 14.4. The Labute approximate surface area is 106 Å². The summed E-state index contributed by atoms with van der Waals surface area (Å²) < 4.78 is 0. The standard InChI is InChI=1S/C14H18O4/c1-7(14(17)18)5-6-11-10(4)12(15)8(2)9(3)13(11)16/h7H,5-6H2,1-4H3,(H,17,18). The van der Waals surface area contributed by atoms with E-state index in [-0.39, 0.29) is 11.6 Å². The average Bonchev–Trinajstić information content (AvgIpc) is 2.33. The summed E-state index contributed by atoms with van der Waals surface area (Å²) in [5.74, 6) is -1.63. The minimum atomic E-state index is -0.883. The Bertz CT molecular complexity index is 480. The maximum Gasteiger partial charge on any atom is 0.306 e. The fraction of sp³-hybridized carbons (Fsp3) is 0.500. The molecule has 0 saturated carbocycles. The van der Waals surface area contributed by atoms with Crippen molar-refractivity contribution in [3.63, 3.8) is 0 Å². The van der Waals surface area contributed by atoms with Gasteiger partial charge in [-0.25, -0.2) is 0 Å². The predicted molar refractivity (Wildman–Crippen MR) is 67.1 cm³/mol. The van der Waals surface area contributed by atoms with Gasteiger partial charge in [-0.1, -0.05) is 6.92 Å². The summed E-state index contributed by atoms with van der Waals surface area (Å²) in [4.78, 5) is 34.7. The van der Waals surface area contributed by atoms with Crippen LogP contribution in [0.3, 0.4) is 0 Å². The highest BCUT2D eigenvalue weighted by molar-refractivity contribution is 6.24. The summed E-state index contributed by atoms with van der Waals surface area (Å²) in [6.45, 7) is 6.52. The van der Waals surface area contributed by atoms with Crippen LogP contribution in [0.2, 0.25) is 0 Å². The molecule has 1 rings (SSSR count). The minimum absolute atomic E-state index is 0.106. The van der Waals surface area contributed by atoms with E-state index in [0.717, 1.165) is 0 Å². The molecule has 0 amide bonds. The van der Waals surface area contributed by atoms with E-state index in [0.29, 0.717) is 35.1 Å². The molecule has 0 spiro atoms. The maximum atomic E-state index is 12.1. The van der Waals surface area contributed by atoms with Crippen molar-refractivity contribution >= 4 is 17.5 Å². The van der Waals surface area contributed by atoms with Gasteiger partial charge in [0, 0.05) is 22.3 Å². The number of hydrogen-bond acceptors (Lipinski definition) is 3. The molecule has 4 nitrogen and oxygen atoms in total. The van der Waals surface area contributed by atoms with Gasteiger partial charge in [0.15, 0.2) is 11.6 Å². The van der Waals surface area contributed by atoms with Crippen molar-refractivity contribution in [2.75, 3.05) is 0 Å². The third-order valence-electron chi connectivity index (χ3n) is 3.56. The Balaban J connectivity index is 2.92. The van der Waals surface area contributed by atoms with Crippen LogP contribution in [-0.4, -0.2) is 22.6 Å². The summed E-state index contributed by atoms with van der Waals surface area (Å²) in [7, 11) is 0. The number of rotatable bonds is 4. The van der Waals surface area contributed by atoms with Crippen molar-refractivity contribution in [1.29, 1.82) is 0 Å². The second-order valence-electron chi connectivity index (χ2n) is 4.79. The van der Waals surface area contributed by atoms with Crippen LogP contribution in [0.5, 0.6) is 0 Å². The van der Waals surface area contributed by atoms with Crippen molar-refractivity contribution in [3.8, 4) is 0 Å². The highest BCUT2D eigenvalue weighted by Crippen LogP contribution is 2.27. The maximum absolute atomic E-state index is 12.1. The number of carboxylic acid groups (broad SMARTS) is 1. The number of carbonyl (C=O) groups is 3. The molecule has 0 radical (unpaired) electrons. The molecule has 0 aromatic heterocycles. The molecule has 18 heavy (non-hydrogen) atoms. The van der Waals surface area contributed by atoms with Gasteiger partial charge in [-0.15, -0.1) is 0 Å². The van der Waals surface area contributed by atoms with Crippen molar-refractivity contribution < 1.29 is 19.5 Å². The summed E-state index contributed by atoms with van der Waals surface area (Å²) in [5.41, 5.74) is 1.90. The monoisotopic (exact) mass is 250 g/mol. The highest BCUT2D eigenvalue weighted by Gasteiger charge is 2.28. The van der Waals surface area contributed by atoms with Gasteiger partial charge < -0.3 is 5.11 Å². The Morgan fingerprint density at radius 3 is 2.06 bits per heavy atom. The third-order valence-corrected chi connectivity index (χ3v) is 3.56. The molecule has 0 fully saturated rings. The molecular formula is C14H18O4. The first-order valence-electron chi connectivity index (χ1n) is 5.96. The number of hydrogen-bond donors (Lipinski definition) is 1. The lowest BCUT2D eigenvalue weighted by atomic mass is 9.83. The summed E-state index contributed by atoms with van der Waals surface area (Å²) in [5, 5.41) is 8.81. The van der Waals surface area contributed by atoms with E-state index in [1.807, 2.05) is 0 Å². The van der Waals surface area contributed by atoms with Gasteiger partial charge in [-0.3, -0.25) is 14.4 Å². The molecule has 1 atom stereocenters. The summed E-state index contributed by atoms with van der Waals surface area (Å²) in [6, 6.07) is 0. The lowest BCUT2D eigenvalue weighted by Gasteiger charge is -2.19. The lowest BCUT2D eigenvalue weighted by molar-refractivity contribution is -0.141. The fourth-order valence-corrected chi connectivity index (χ4v) is 1.94. The highest BCUT2D eigenvalue weighted by atomic mass is 16.4. The molecule has 1 aliphatic rings. The first-order chi connectivity index (χ1) is 8.27. The number of Topliss-reactive ketones (excluding diaryl/α,β-unsaturated/α-hetero) is 2. The van der Waals surface area contributed by atoms with E-state index < -0.39 is 11.9 Å². The molecule has 0 aromatic carbocycles. The number of allylic oxidation sites excluding steroid dienone is 4. The summed E-state index contributed by atoms with van der Waals surface area (Å²) >= 11 is 0. The van der Waals surface area contributed by atoms with Crippen LogP contribution in [0.4, 0.5) is 0 Å². The molecule has 98 valence electrons. The van der Waals surface area contributed by atoms with Crippen molar-refractivity contribution in [1.82, 2.24) is 0 Å². The molecule has 1 N–H and O–H groups in total. The molecule has 4 heteroatoms. The van der Waals surface area contributed by atoms with E-state index in [1.54, 1.807) is 27.7 Å². The van der Waals surface area contributed by atoms with E-state index in [1.165, 1.54) is 0 Å². The molecule has 0 heterocycles. The van der Waals surface area contributed by atoms with Gasteiger partial charge in [-0.05, 0) is 33.6 Å². The molecule has 1 aliphatic carbocycles. The zero-order valence-electron chi connectivity index (χ0n) is 11.2. The number of carboxylic acids is 1. The second-order valence-corrected chi connectivity index (χ2v) is 4.79. The van der Waals surface area contributed by atoms with E-state index in [4.69, 9.17) is 5.11 Å². The predicted octanol–water partition coefficient (Wildman–Crippen LogP) is 2.29. The van der Waals surface area contributed by atoms with E-state index in [2.05, 4.69) is 0 Å². The molecule has 0 bridgehead atoms.